The van der Waals surface area contributed by atoms with Crippen molar-refractivity contribution in [3.05, 3.63) is 35.6 Å². The molecule has 0 radical (unpaired) electrons. The molecule has 28 heavy (non-hydrogen) atoms. The molecule has 0 saturated heterocycles. The molecular formula is C21H24F2N4O. The van der Waals surface area contributed by atoms with E-state index in [1.165, 1.54) is 6.07 Å². The molecule has 1 aromatic carbocycles. The molecule has 1 aliphatic carbocycles. The SMILES string of the molecule is CC[C@@H]1CCC[C@H](F)[C@H](N(C)c2ccc(-c3cc(C#N)c(F)cc3O)nn2)C1. The average molecular weight is 386 g/mol. The Kier molecular flexibility index (Phi) is 6.08. The molecule has 0 aliphatic heterocycles. The van der Waals surface area contributed by atoms with Crippen molar-refractivity contribution < 1.29 is 13.9 Å². The molecule has 5 nitrogen and oxygen atoms in total. The molecule has 148 valence electrons. The van der Waals surface area contributed by atoms with Crippen molar-refractivity contribution in [3.63, 3.8) is 0 Å². The van der Waals surface area contributed by atoms with Crippen molar-refractivity contribution in [3.8, 4) is 23.1 Å². The quantitative estimate of drug-likeness (QED) is 0.777. The minimum absolute atomic E-state index is 0.180. The molecule has 1 aliphatic rings. The van der Waals surface area contributed by atoms with Gasteiger partial charge in [-0.25, -0.2) is 8.78 Å². The van der Waals surface area contributed by atoms with E-state index in [0.717, 1.165) is 31.7 Å². The molecule has 3 atom stereocenters. The van der Waals surface area contributed by atoms with Gasteiger partial charge in [-0.2, -0.15) is 5.26 Å². The number of hydrogen-bond acceptors (Lipinski definition) is 5. The minimum Gasteiger partial charge on any atom is -0.507 e. The maximum absolute atomic E-state index is 14.7. The Bertz CT molecular complexity index is 866. The lowest BCUT2D eigenvalue weighted by Gasteiger charge is -2.31. The lowest BCUT2D eigenvalue weighted by Crippen LogP contribution is -2.40. The molecule has 2 aromatic rings. The van der Waals surface area contributed by atoms with Crippen LogP contribution in [-0.4, -0.2) is 34.6 Å². The van der Waals surface area contributed by atoms with E-state index in [4.69, 9.17) is 5.26 Å². The van der Waals surface area contributed by atoms with Gasteiger partial charge in [0.05, 0.1) is 17.3 Å². The van der Waals surface area contributed by atoms with Crippen molar-refractivity contribution in [2.24, 2.45) is 5.92 Å². The van der Waals surface area contributed by atoms with E-state index in [9.17, 15) is 13.9 Å². The average Bonchev–Trinajstić information content (AvgIpc) is 2.89. The maximum Gasteiger partial charge on any atom is 0.151 e. The van der Waals surface area contributed by atoms with E-state index >= 15 is 0 Å². The van der Waals surface area contributed by atoms with Gasteiger partial charge in [0.2, 0.25) is 0 Å². The van der Waals surface area contributed by atoms with Gasteiger partial charge in [0.15, 0.2) is 5.82 Å². The summed E-state index contributed by atoms with van der Waals surface area (Å²) in [5.74, 6) is -0.0672. The summed E-state index contributed by atoms with van der Waals surface area (Å²) in [5.41, 5.74) is 0.360. The van der Waals surface area contributed by atoms with Crippen LogP contribution >= 0.6 is 0 Å². The summed E-state index contributed by atoms with van der Waals surface area (Å²) in [6, 6.07) is 6.96. The Morgan fingerprint density at radius 3 is 2.71 bits per heavy atom. The number of alkyl halides is 1. The fraction of sp³-hybridized carbons (Fsp3) is 0.476. The molecule has 1 heterocycles. The molecule has 1 fully saturated rings. The van der Waals surface area contributed by atoms with E-state index in [1.807, 2.05) is 11.9 Å². The molecule has 0 unspecified atom stereocenters. The van der Waals surface area contributed by atoms with Gasteiger partial charge in [0.1, 0.15) is 23.8 Å². The lowest BCUT2D eigenvalue weighted by molar-refractivity contribution is 0.254. The van der Waals surface area contributed by atoms with Crippen LogP contribution in [0.1, 0.15) is 44.6 Å². The zero-order chi connectivity index (χ0) is 20.3. The van der Waals surface area contributed by atoms with Crippen LogP contribution in [0.15, 0.2) is 24.3 Å². The maximum atomic E-state index is 14.7. The van der Waals surface area contributed by atoms with Crippen molar-refractivity contribution in [2.75, 3.05) is 11.9 Å². The smallest absolute Gasteiger partial charge is 0.151 e. The summed E-state index contributed by atoms with van der Waals surface area (Å²) in [6.45, 7) is 2.14. The van der Waals surface area contributed by atoms with Gasteiger partial charge in [-0.1, -0.05) is 26.2 Å². The molecule has 3 rings (SSSR count). The second kappa shape index (κ2) is 8.51. The van der Waals surface area contributed by atoms with E-state index in [1.54, 1.807) is 18.2 Å². The number of rotatable bonds is 4. The van der Waals surface area contributed by atoms with Gasteiger partial charge in [-0.3, -0.25) is 0 Å². The van der Waals surface area contributed by atoms with E-state index in [0.29, 0.717) is 23.9 Å². The summed E-state index contributed by atoms with van der Waals surface area (Å²) in [7, 11) is 1.82. The van der Waals surface area contributed by atoms with E-state index in [-0.39, 0.29) is 22.9 Å². The fourth-order valence-corrected chi connectivity index (χ4v) is 3.85. The number of hydrogen-bond donors (Lipinski definition) is 1. The second-order valence-corrected chi connectivity index (χ2v) is 7.37. The number of nitriles is 1. The van der Waals surface area contributed by atoms with Crippen molar-refractivity contribution in [1.29, 1.82) is 5.26 Å². The van der Waals surface area contributed by atoms with E-state index < -0.39 is 12.0 Å². The Balaban J connectivity index is 1.85. The number of aromatic hydroxyl groups is 1. The summed E-state index contributed by atoms with van der Waals surface area (Å²) in [4.78, 5) is 1.83. The van der Waals surface area contributed by atoms with Gasteiger partial charge in [0.25, 0.3) is 0 Å². The number of benzene rings is 1. The molecule has 0 amide bonds. The normalized spacial score (nSPS) is 22.3. The summed E-state index contributed by atoms with van der Waals surface area (Å²) >= 11 is 0. The van der Waals surface area contributed by atoms with Crippen LogP contribution in [0.2, 0.25) is 0 Å². The molecule has 0 bridgehead atoms. The number of aromatic nitrogens is 2. The zero-order valence-corrected chi connectivity index (χ0v) is 16.1. The molecule has 1 saturated carbocycles. The summed E-state index contributed by atoms with van der Waals surface area (Å²) in [5, 5.41) is 27.3. The van der Waals surface area contributed by atoms with Gasteiger partial charge >= 0.3 is 0 Å². The zero-order valence-electron chi connectivity index (χ0n) is 16.1. The van der Waals surface area contributed by atoms with E-state index in [2.05, 4.69) is 17.1 Å². The van der Waals surface area contributed by atoms with Crippen LogP contribution in [0, 0.1) is 23.1 Å². The van der Waals surface area contributed by atoms with Crippen molar-refractivity contribution >= 4 is 5.82 Å². The highest BCUT2D eigenvalue weighted by atomic mass is 19.1. The van der Waals surface area contributed by atoms with Gasteiger partial charge in [-0.05, 0) is 37.0 Å². The molecular weight excluding hydrogens is 362 g/mol. The van der Waals surface area contributed by atoms with Crippen LogP contribution in [0.3, 0.4) is 0 Å². The largest absolute Gasteiger partial charge is 0.507 e. The fourth-order valence-electron chi connectivity index (χ4n) is 3.85. The molecule has 1 N–H and O–H groups in total. The van der Waals surface area contributed by atoms with Crippen LogP contribution in [-0.2, 0) is 0 Å². The lowest BCUT2D eigenvalue weighted by atomic mass is 9.94. The Morgan fingerprint density at radius 1 is 1.29 bits per heavy atom. The number of nitrogens with zero attached hydrogens (tertiary/aromatic N) is 4. The summed E-state index contributed by atoms with van der Waals surface area (Å²) in [6.07, 6.45) is 3.41. The van der Waals surface area contributed by atoms with Gasteiger partial charge in [-0.15, -0.1) is 10.2 Å². The highest BCUT2D eigenvalue weighted by Crippen LogP contribution is 2.33. The standard InChI is InChI=1S/C21H24F2N4O/c1-3-13-5-4-6-16(22)19(9-13)27(2)21-8-7-18(25-26-21)15-10-14(12-24)17(23)11-20(15)28/h7-8,10-11,13,16,19,28H,3-6,9H2,1-2H3/t13-,16+,19-/m1/s1. The van der Waals surface area contributed by atoms with Crippen LogP contribution in [0.5, 0.6) is 5.75 Å². The number of anilines is 1. The first kappa shape index (κ1) is 20.0. The number of phenolic OH excluding ortho intramolecular Hbond substituents is 1. The molecule has 0 spiro atoms. The third kappa shape index (κ3) is 4.06. The predicted octanol–water partition coefficient (Wildman–Crippen LogP) is 4.60. The minimum atomic E-state index is -0.914. The van der Waals surface area contributed by atoms with Crippen LogP contribution < -0.4 is 4.90 Å². The number of halogens is 2. The molecule has 1 aromatic heterocycles. The first-order valence-corrected chi connectivity index (χ1v) is 9.58. The predicted molar refractivity (Wildman–Crippen MR) is 103 cm³/mol. The monoisotopic (exact) mass is 386 g/mol. The third-order valence-corrected chi connectivity index (χ3v) is 5.65. The Labute approximate surface area is 163 Å². The van der Waals surface area contributed by atoms with Crippen LogP contribution in [0.25, 0.3) is 11.3 Å². The molecule has 7 heteroatoms. The Hall–Kier alpha value is -2.75. The Morgan fingerprint density at radius 2 is 2.07 bits per heavy atom. The summed E-state index contributed by atoms with van der Waals surface area (Å²) < 4.78 is 28.3. The third-order valence-electron chi connectivity index (χ3n) is 5.65. The van der Waals surface area contributed by atoms with Crippen LogP contribution in [0.4, 0.5) is 14.6 Å². The van der Waals surface area contributed by atoms with Gasteiger partial charge < -0.3 is 10.0 Å². The highest BCUT2D eigenvalue weighted by molar-refractivity contribution is 5.69. The second-order valence-electron chi connectivity index (χ2n) is 7.37. The highest BCUT2D eigenvalue weighted by Gasteiger charge is 2.31. The first-order valence-electron chi connectivity index (χ1n) is 9.58. The number of phenols is 1. The topological polar surface area (TPSA) is 73.0 Å². The van der Waals surface area contributed by atoms with Crippen molar-refractivity contribution in [1.82, 2.24) is 10.2 Å². The first-order chi connectivity index (χ1) is 13.4. The van der Waals surface area contributed by atoms with Crippen molar-refractivity contribution in [2.45, 2.75) is 51.2 Å². The van der Waals surface area contributed by atoms with Gasteiger partial charge in [0, 0.05) is 18.7 Å².